The van der Waals surface area contributed by atoms with Gasteiger partial charge >= 0.3 is 0 Å². The molecule has 3 rings (SSSR count). The van der Waals surface area contributed by atoms with Crippen LogP contribution in [-0.2, 0) is 10.0 Å². The average molecular weight is 382 g/mol. The van der Waals surface area contributed by atoms with Gasteiger partial charge < -0.3 is 10.1 Å². The molecule has 0 aromatic heterocycles. The van der Waals surface area contributed by atoms with Crippen molar-refractivity contribution in [2.45, 2.75) is 23.8 Å². The third-order valence-corrected chi connectivity index (χ3v) is 5.33. The van der Waals surface area contributed by atoms with Gasteiger partial charge in [0.1, 0.15) is 5.75 Å². The Morgan fingerprint density at radius 3 is 2.46 bits per heavy atom. The zero-order chi connectivity index (χ0) is 18.9. The number of hydrogen-bond acceptors (Lipinski definition) is 4. The quantitative estimate of drug-likeness (QED) is 0.805. The monoisotopic (exact) mass is 382 g/mol. The van der Waals surface area contributed by atoms with Gasteiger partial charge in [-0.15, -0.1) is 0 Å². The summed E-state index contributed by atoms with van der Waals surface area (Å²) in [7, 11) is -2.36. The van der Waals surface area contributed by atoms with E-state index in [1.807, 2.05) is 0 Å². The standard InChI is InChI=1S/C17H16F2N2O4S/c1-25-16-7-5-12(26(23,24)21-11-3-4-11)9-15(16)20-17(22)10-2-6-13(18)14(19)8-10/h2,5-9,11,21H,3-4H2,1H3,(H,20,22). The van der Waals surface area contributed by atoms with Crippen molar-refractivity contribution in [2.75, 3.05) is 12.4 Å². The van der Waals surface area contributed by atoms with Crippen LogP contribution in [0.2, 0.25) is 0 Å². The Morgan fingerprint density at radius 1 is 1.12 bits per heavy atom. The van der Waals surface area contributed by atoms with Crippen LogP contribution in [0.25, 0.3) is 0 Å². The zero-order valence-corrected chi connectivity index (χ0v) is 14.6. The maximum absolute atomic E-state index is 13.3. The number of rotatable bonds is 6. The molecule has 0 heterocycles. The van der Waals surface area contributed by atoms with Crippen molar-refractivity contribution in [3.05, 3.63) is 53.6 Å². The highest BCUT2D eigenvalue weighted by atomic mass is 32.2. The van der Waals surface area contributed by atoms with E-state index < -0.39 is 27.6 Å². The van der Waals surface area contributed by atoms with Crippen LogP contribution in [0.3, 0.4) is 0 Å². The highest BCUT2D eigenvalue weighted by Crippen LogP contribution is 2.29. The van der Waals surface area contributed by atoms with Crippen molar-refractivity contribution < 1.29 is 26.7 Å². The van der Waals surface area contributed by atoms with E-state index in [1.165, 1.54) is 25.3 Å². The molecule has 1 aliphatic rings. The molecule has 1 saturated carbocycles. The van der Waals surface area contributed by atoms with E-state index in [2.05, 4.69) is 10.0 Å². The van der Waals surface area contributed by atoms with Gasteiger partial charge in [0.05, 0.1) is 17.7 Å². The second-order valence-corrected chi connectivity index (χ2v) is 7.55. The lowest BCUT2D eigenvalue weighted by Crippen LogP contribution is -2.26. The number of amides is 1. The molecule has 1 fully saturated rings. The number of hydrogen-bond donors (Lipinski definition) is 2. The molecule has 2 aromatic carbocycles. The second kappa shape index (κ2) is 7.00. The minimum atomic E-state index is -3.72. The molecule has 0 bridgehead atoms. The molecule has 138 valence electrons. The molecule has 0 spiro atoms. The Balaban J connectivity index is 1.88. The number of sulfonamides is 1. The lowest BCUT2D eigenvalue weighted by atomic mass is 10.2. The van der Waals surface area contributed by atoms with Gasteiger partial charge in [-0.2, -0.15) is 0 Å². The molecule has 0 atom stereocenters. The average Bonchev–Trinajstić information content (AvgIpc) is 3.40. The van der Waals surface area contributed by atoms with Crippen LogP contribution in [0.4, 0.5) is 14.5 Å². The Kier molecular flexibility index (Phi) is 4.92. The highest BCUT2D eigenvalue weighted by Gasteiger charge is 2.28. The molecule has 1 aliphatic carbocycles. The smallest absolute Gasteiger partial charge is 0.255 e. The molecule has 0 aliphatic heterocycles. The van der Waals surface area contributed by atoms with E-state index in [1.54, 1.807) is 0 Å². The van der Waals surface area contributed by atoms with Crippen LogP contribution >= 0.6 is 0 Å². The fraction of sp³-hybridized carbons (Fsp3) is 0.235. The van der Waals surface area contributed by atoms with Crippen LogP contribution < -0.4 is 14.8 Å². The van der Waals surface area contributed by atoms with Gasteiger partial charge in [0.25, 0.3) is 5.91 Å². The number of carbonyl (C=O) groups excluding carboxylic acids is 1. The van der Waals surface area contributed by atoms with Crippen molar-refractivity contribution >= 4 is 21.6 Å². The number of anilines is 1. The molecule has 2 aromatic rings. The summed E-state index contributed by atoms with van der Waals surface area (Å²) in [5.41, 5.74) is -0.0174. The number of benzene rings is 2. The first-order valence-electron chi connectivity index (χ1n) is 7.77. The number of carbonyl (C=O) groups is 1. The highest BCUT2D eigenvalue weighted by molar-refractivity contribution is 7.89. The van der Waals surface area contributed by atoms with Crippen molar-refractivity contribution in [1.82, 2.24) is 4.72 Å². The van der Waals surface area contributed by atoms with E-state index >= 15 is 0 Å². The van der Waals surface area contributed by atoms with Gasteiger partial charge in [-0.1, -0.05) is 0 Å². The Hall–Kier alpha value is -2.52. The second-order valence-electron chi connectivity index (χ2n) is 5.84. The molecule has 2 N–H and O–H groups in total. The molecule has 0 radical (unpaired) electrons. The van der Waals surface area contributed by atoms with E-state index in [9.17, 15) is 22.0 Å². The summed E-state index contributed by atoms with van der Waals surface area (Å²) >= 11 is 0. The first kappa shape index (κ1) is 18.3. The fourth-order valence-electron chi connectivity index (χ4n) is 2.27. The molecule has 9 heteroatoms. The van der Waals surface area contributed by atoms with Crippen LogP contribution in [0, 0.1) is 11.6 Å². The lowest BCUT2D eigenvalue weighted by molar-refractivity contribution is 0.102. The van der Waals surface area contributed by atoms with Gasteiger partial charge in [-0.05, 0) is 49.2 Å². The van der Waals surface area contributed by atoms with Crippen LogP contribution in [0.1, 0.15) is 23.2 Å². The Bertz CT molecular complexity index is 959. The van der Waals surface area contributed by atoms with Gasteiger partial charge in [0, 0.05) is 11.6 Å². The van der Waals surface area contributed by atoms with Crippen molar-refractivity contribution in [2.24, 2.45) is 0 Å². The predicted octanol–water partition coefficient (Wildman–Crippen LogP) is 2.67. The van der Waals surface area contributed by atoms with E-state index in [4.69, 9.17) is 4.74 Å². The third kappa shape index (κ3) is 4.00. The predicted molar refractivity (Wildman–Crippen MR) is 90.6 cm³/mol. The Labute approximate surface area is 149 Å². The van der Waals surface area contributed by atoms with E-state index in [0.717, 1.165) is 31.0 Å². The summed E-state index contributed by atoms with van der Waals surface area (Å²) in [5, 5.41) is 2.46. The minimum Gasteiger partial charge on any atom is -0.495 e. The van der Waals surface area contributed by atoms with Crippen LogP contribution in [-0.4, -0.2) is 27.5 Å². The molecule has 0 unspecified atom stereocenters. The minimum absolute atomic E-state index is 0.0363. The fourth-order valence-corrected chi connectivity index (χ4v) is 3.60. The number of nitrogens with one attached hydrogen (secondary N) is 2. The summed E-state index contributed by atoms with van der Waals surface area (Å²) in [6, 6.07) is 6.66. The number of halogens is 2. The van der Waals surface area contributed by atoms with Crippen molar-refractivity contribution in [3.8, 4) is 5.75 Å². The largest absolute Gasteiger partial charge is 0.495 e. The van der Waals surface area contributed by atoms with Crippen molar-refractivity contribution in [3.63, 3.8) is 0 Å². The summed E-state index contributed by atoms with van der Waals surface area (Å²) in [4.78, 5) is 12.2. The van der Waals surface area contributed by atoms with Gasteiger partial charge in [0.2, 0.25) is 10.0 Å². The van der Waals surface area contributed by atoms with Crippen molar-refractivity contribution in [1.29, 1.82) is 0 Å². The molecule has 0 saturated heterocycles. The third-order valence-electron chi connectivity index (χ3n) is 3.81. The zero-order valence-electron chi connectivity index (χ0n) is 13.8. The molecule has 26 heavy (non-hydrogen) atoms. The summed E-state index contributed by atoms with van der Waals surface area (Å²) in [5.74, 6) is -2.73. The molecule has 1 amide bonds. The lowest BCUT2D eigenvalue weighted by Gasteiger charge is -2.13. The van der Waals surface area contributed by atoms with E-state index in [-0.39, 0.29) is 27.9 Å². The summed E-state index contributed by atoms with van der Waals surface area (Å²) in [6.45, 7) is 0. The number of ether oxygens (including phenoxy) is 1. The first-order valence-corrected chi connectivity index (χ1v) is 9.25. The van der Waals surface area contributed by atoms with Crippen LogP contribution in [0.15, 0.2) is 41.3 Å². The summed E-state index contributed by atoms with van der Waals surface area (Å²) < 4.78 is 58.6. The maximum atomic E-state index is 13.3. The van der Waals surface area contributed by atoms with Gasteiger partial charge in [-0.3, -0.25) is 4.79 Å². The van der Waals surface area contributed by atoms with E-state index in [0.29, 0.717) is 0 Å². The maximum Gasteiger partial charge on any atom is 0.255 e. The Morgan fingerprint density at radius 2 is 1.85 bits per heavy atom. The first-order chi connectivity index (χ1) is 12.3. The molecular formula is C17H16F2N2O4S. The molecule has 6 nitrogen and oxygen atoms in total. The topological polar surface area (TPSA) is 84.5 Å². The van der Waals surface area contributed by atoms with Gasteiger partial charge in [0.15, 0.2) is 11.6 Å². The van der Waals surface area contributed by atoms with Crippen LogP contribution in [0.5, 0.6) is 5.75 Å². The SMILES string of the molecule is COc1ccc(S(=O)(=O)NC2CC2)cc1NC(=O)c1ccc(F)c(F)c1. The molecular weight excluding hydrogens is 366 g/mol. The van der Waals surface area contributed by atoms with Gasteiger partial charge in [-0.25, -0.2) is 21.9 Å². The normalized spacial score (nSPS) is 14.1. The number of methoxy groups -OCH3 is 1. The summed E-state index contributed by atoms with van der Waals surface area (Å²) in [6.07, 6.45) is 1.57.